The lowest BCUT2D eigenvalue weighted by molar-refractivity contribution is -0.394. The summed E-state index contributed by atoms with van der Waals surface area (Å²) in [6.45, 7) is 9.16. The van der Waals surface area contributed by atoms with Crippen molar-refractivity contribution in [2.24, 2.45) is 5.92 Å². The third-order valence-corrected chi connectivity index (χ3v) is 3.50. The van der Waals surface area contributed by atoms with Gasteiger partial charge in [0.2, 0.25) is 5.91 Å². The highest BCUT2D eigenvalue weighted by Crippen LogP contribution is 2.39. The lowest BCUT2D eigenvalue weighted by Gasteiger charge is -2.45. The summed E-state index contributed by atoms with van der Waals surface area (Å²) in [4.78, 5) is 23.6. The molecule has 1 rings (SSSR count). The first kappa shape index (κ1) is 18.4. The van der Waals surface area contributed by atoms with E-state index in [9.17, 15) is 9.59 Å². The first-order valence-electron chi connectivity index (χ1n) is 7.36. The predicted molar refractivity (Wildman–Crippen MR) is 78.6 cm³/mol. The number of esters is 1. The molecular formula is C15H25NO6. The Morgan fingerprint density at radius 1 is 1.27 bits per heavy atom. The van der Waals surface area contributed by atoms with Gasteiger partial charge in [-0.3, -0.25) is 4.79 Å². The molecule has 1 heterocycles. The molecule has 0 aromatic rings. The van der Waals surface area contributed by atoms with E-state index < -0.39 is 23.9 Å². The van der Waals surface area contributed by atoms with Gasteiger partial charge in [-0.15, -0.1) is 0 Å². The van der Waals surface area contributed by atoms with Crippen LogP contribution in [0.25, 0.3) is 0 Å². The number of amides is 1. The van der Waals surface area contributed by atoms with Gasteiger partial charge in [-0.1, -0.05) is 6.92 Å². The maximum Gasteiger partial charge on any atom is 0.339 e. The van der Waals surface area contributed by atoms with Crippen molar-refractivity contribution in [2.75, 3.05) is 20.3 Å². The zero-order valence-corrected chi connectivity index (χ0v) is 14.0. The van der Waals surface area contributed by atoms with Crippen molar-refractivity contribution < 1.29 is 28.5 Å². The Morgan fingerprint density at radius 2 is 1.82 bits per heavy atom. The second kappa shape index (κ2) is 7.60. The number of rotatable bonds is 6. The van der Waals surface area contributed by atoms with Crippen molar-refractivity contribution in [3.8, 4) is 0 Å². The normalized spacial score (nSPS) is 23.7. The van der Waals surface area contributed by atoms with Crippen molar-refractivity contribution >= 4 is 11.9 Å². The standard InChI is InChI=1S/C15H25NO6/c1-7-20-15(21-8-2)9(3)13(16-11(5)17)12(10(4)22-15)14(18)19-6/h9,13H,7-8H2,1-6H3,(H,16,17)/t9-,13-/m0/s1. The molecular weight excluding hydrogens is 290 g/mol. The van der Waals surface area contributed by atoms with Gasteiger partial charge in [0.15, 0.2) is 0 Å². The quantitative estimate of drug-likeness (QED) is 0.588. The van der Waals surface area contributed by atoms with Gasteiger partial charge < -0.3 is 24.3 Å². The summed E-state index contributed by atoms with van der Waals surface area (Å²) in [5, 5.41) is 2.76. The minimum absolute atomic E-state index is 0.264. The van der Waals surface area contributed by atoms with Crippen LogP contribution in [0.2, 0.25) is 0 Å². The molecule has 126 valence electrons. The van der Waals surface area contributed by atoms with Crippen molar-refractivity contribution in [3.63, 3.8) is 0 Å². The largest absolute Gasteiger partial charge is 0.466 e. The van der Waals surface area contributed by atoms with Gasteiger partial charge in [-0.25, -0.2) is 4.79 Å². The smallest absolute Gasteiger partial charge is 0.339 e. The predicted octanol–water partition coefficient (Wildman–Crippen LogP) is 1.33. The van der Waals surface area contributed by atoms with E-state index in [1.165, 1.54) is 14.0 Å². The Balaban J connectivity index is 3.34. The van der Waals surface area contributed by atoms with Gasteiger partial charge in [0, 0.05) is 6.92 Å². The van der Waals surface area contributed by atoms with Crippen LogP contribution < -0.4 is 5.32 Å². The van der Waals surface area contributed by atoms with E-state index in [1.54, 1.807) is 13.8 Å². The van der Waals surface area contributed by atoms with Crippen molar-refractivity contribution in [1.82, 2.24) is 5.32 Å². The van der Waals surface area contributed by atoms with Gasteiger partial charge >= 0.3 is 11.9 Å². The summed E-state index contributed by atoms with van der Waals surface area (Å²) in [5.74, 6) is -2.31. The average Bonchev–Trinajstić information content (AvgIpc) is 2.44. The monoisotopic (exact) mass is 315 g/mol. The van der Waals surface area contributed by atoms with Gasteiger partial charge in [0.1, 0.15) is 5.76 Å². The number of ether oxygens (including phenoxy) is 4. The average molecular weight is 315 g/mol. The van der Waals surface area contributed by atoms with Crippen molar-refractivity contribution in [2.45, 2.75) is 46.6 Å². The molecule has 0 radical (unpaired) electrons. The van der Waals surface area contributed by atoms with Crippen molar-refractivity contribution in [3.05, 3.63) is 11.3 Å². The summed E-state index contributed by atoms with van der Waals surface area (Å²) >= 11 is 0. The van der Waals surface area contributed by atoms with E-state index in [-0.39, 0.29) is 11.5 Å². The third-order valence-electron chi connectivity index (χ3n) is 3.50. The van der Waals surface area contributed by atoms with Crippen LogP contribution in [0.3, 0.4) is 0 Å². The molecule has 0 aromatic carbocycles. The Labute approximate surface area is 130 Å². The molecule has 7 heteroatoms. The molecule has 0 unspecified atom stereocenters. The van der Waals surface area contributed by atoms with E-state index in [4.69, 9.17) is 18.9 Å². The van der Waals surface area contributed by atoms with E-state index in [0.717, 1.165) is 0 Å². The fraction of sp³-hybridized carbons (Fsp3) is 0.733. The number of methoxy groups -OCH3 is 1. The minimum Gasteiger partial charge on any atom is -0.466 e. The van der Waals surface area contributed by atoms with Crippen LogP contribution in [0.1, 0.15) is 34.6 Å². The number of allylic oxidation sites excluding steroid dienone is 1. The Kier molecular flexibility index (Phi) is 6.37. The summed E-state index contributed by atoms with van der Waals surface area (Å²) < 4.78 is 22.0. The molecule has 0 fully saturated rings. The topological polar surface area (TPSA) is 83.1 Å². The molecule has 0 spiro atoms. The minimum atomic E-state index is -1.35. The zero-order chi connectivity index (χ0) is 16.9. The molecule has 0 aromatic heterocycles. The van der Waals surface area contributed by atoms with E-state index in [1.807, 2.05) is 13.8 Å². The molecule has 0 saturated carbocycles. The molecule has 1 amide bonds. The first-order valence-corrected chi connectivity index (χ1v) is 7.36. The van der Waals surface area contributed by atoms with Crippen LogP contribution in [0.15, 0.2) is 11.3 Å². The highest BCUT2D eigenvalue weighted by atomic mass is 16.9. The van der Waals surface area contributed by atoms with E-state index >= 15 is 0 Å². The van der Waals surface area contributed by atoms with Gasteiger partial charge in [0.25, 0.3) is 0 Å². The van der Waals surface area contributed by atoms with Crippen LogP contribution >= 0.6 is 0 Å². The van der Waals surface area contributed by atoms with Gasteiger partial charge in [-0.2, -0.15) is 0 Å². The van der Waals surface area contributed by atoms with E-state index in [0.29, 0.717) is 19.0 Å². The zero-order valence-electron chi connectivity index (χ0n) is 14.0. The molecule has 2 atom stereocenters. The molecule has 1 aliphatic rings. The van der Waals surface area contributed by atoms with Crippen LogP contribution in [0.4, 0.5) is 0 Å². The molecule has 1 aliphatic heterocycles. The summed E-state index contributed by atoms with van der Waals surface area (Å²) in [6, 6.07) is -0.628. The fourth-order valence-electron chi connectivity index (χ4n) is 2.60. The highest BCUT2D eigenvalue weighted by Gasteiger charge is 2.52. The number of nitrogens with one attached hydrogen (secondary N) is 1. The number of hydrogen-bond acceptors (Lipinski definition) is 6. The van der Waals surface area contributed by atoms with Gasteiger partial charge in [0.05, 0.1) is 37.9 Å². The van der Waals surface area contributed by atoms with Crippen LogP contribution in [-0.2, 0) is 28.5 Å². The number of carbonyl (C=O) groups excluding carboxylic acids is 2. The van der Waals surface area contributed by atoms with E-state index in [2.05, 4.69) is 5.32 Å². The second-order valence-electron chi connectivity index (χ2n) is 5.00. The van der Waals surface area contributed by atoms with Crippen LogP contribution in [0.5, 0.6) is 0 Å². The molecule has 0 saturated heterocycles. The Bertz CT molecular complexity index is 453. The fourth-order valence-corrected chi connectivity index (χ4v) is 2.60. The summed E-state index contributed by atoms with van der Waals surface area (Å²) in [5.41, 5.74) is 0.264. The maximum absolute atomic E-state index is 12.0. The maximum atomic E-state index is 12.0. The van der Waals surface area contributed by atoms with Crippen molar-refractivity contribution in [1.29, 1.82) is 0 Å². The Hall–Kier alpha value is -1.60. The molecule has 0 bridgehead atoms. The number of carbonyl (C=O) groups is 2. The lowest BCUT2D eigenvalue weighted by atomic mass is 9.88. The Morgan fingerprint density at radius 3 is 2.23 bits per heavy atom. The summed E-state index contributed by atoms with van der Waals surface area (Å²) in [7, 11) is 1.28. The first-order chi connectivity index (χ1) is 10.3. The lowest BCUT2D eigenvalue weighted by Crippen LogP contribution is -2.58. The molecule has 22 heavy (non-hydrogen) atoms. The molecule has 7 nitrogen and oxygen atoms in total. The van der Waals surface area contributed by atoms with Crippen LogP contribution in [0, 0.1) is 5.92 Å². The second-order valence-corrected chi connectivity index (χ2v) is 5.00. The van der Waals surface area contributed by atoms with Crippen LogP contribution in [-0.4, -0.2) is 44.2 Å². The molecule has 0 aliphatic carbocycles. The molecule has 1 N–H and O–H groups in total. The van der Waals surface area contributed by atoms with Gasteiger partial charge in [-0.05, 0) is 20.8 Å². The summed E-state index contributed by atoms with van der Waals surface area (Å²) in [6.07, 6.45) is 0. The highest BCUT2D eigenvalue weighted by molar-refractivity contribution is 5.91. The third kappa shape index (κ3) is 3.59. The SMILES string of the molecule is CCOC1(OCC)OC(C)=C(C(=O)OC)[C@@H](NC(C)=O)[C@@H]1C. The number of hydrogen-bond donors (Lipinski definition) is 1.